The summed E-state index contributed by atoms with van der Waals surface area (Å²) in [6.07, 6.45) is 0. The maximum Gasteiger partial charge on any atom is 0.339 e. The summed E-state index contributed by atoms with van der Waals surface area (Å²) in [6.45, 7) is 0. The highest BCUT2D eigenvalue weighted by Crippen LogP contribution is 2.17. The van der Waals surface area contributed by atoms with Crippen molar-refractivity contribution >= 4 is 27.5 Å². The molecule has 0 aliphatic carbocycles. The van der Waals surface area contributed by atoms with Crippen LogP contribution in [0.15, 0.2) is 65.6 Å². The van der Waals surface area contributed by atoms with Gasteiger partial charge in [-0.15, -0.1) is 0 Å². The van der Waals surface area contributed by atoms with Gasteiger partial charge in [0.05, 0.1) is 0 Å². The van der Waals surface area contributed by atoms with Crippen LogP contribution < -0.4 is 4.18 Å². The molecule has 0 bridgehead atoms. The predicted molar refractivity (Wildman–Crippen MR) is 70.6 cm³/mol. The first-order valence-corrected chi connectivity index (χ1v) is 6.14. The Bertz CT molecular complexity index is 553. The minimum Gasteiger partial charge on any atom is -0.379 e. The Morgan fingerprint density at radius 2 is 1.24 bits per heavy atom. The highest BCUT2D eigenvalue weighted by atomic mass is 32.2. The average Bonchev–Trinajstić information content (AvgIpc) is 2.31. The largest absolute Gasteiger partial charge is 0.379 e. The molecule has 0 aromatic heterocycles. The molecule has 0 spiro atoms. The SMILES string of the molecule is O=S(=O)(Oc1ccccc1)c1ccccc1.[AlH3]. The first-order valence-electron chi connectivity index (χ1n) is 4.73. The van der Waals surface area contributed by atoms with Crippen molar-refractivity contribution in [3.8, 4) is 5.75 Å². The van der Waals surface area contributed by atoms with Gasteiger partial charge in [-0.3, -0.25) is 0 Å². The number of benzene rings is 2. The monoisotopic (exact) mass is 264 g/mol. The highest BCUT2D eigenvalue weighted by Gasteiger charge is 2.15. The Labute approximate surface area is 111 Å². The molecule has 17 heavy (non-hydrogen) atoms. The van der Waals surface area contributed by atoms with Gasteiger partial charge in [-0.2, -0.15) is 8.42 Å². The summed E-state index contributed by atoms with van der Waals surface area (Å²) in [4.78, 5) is 0.152. The second kappa shape index (κ2) is 5.88. The fraction of sp³-hybridized carbons (Fsp3) is 0. The van der Waals surface area contributed by atoms with Crippen LogP contribution in [0.5, 0.6) is 5.75 Å². The summed E-state index contributed by atoms with van der Waals surface area (Å²) >= 11 is 0. The quantitative estimate of drug-likeness (QED) is 0.619. The number of hydrogen-bond donors (Lipinski definition) is 0. The third kappa shape index (κ3) is 3.60. The van der Waals surface area contributed by atoms with E-state index >= 15 is 0 Å². The molecule has 0 atom stereocenters. The van der Waals surface area contributed by atoms with Crippen LogP contribution in [0.3, 0.4) is 0 Å². The van der Waals surface area contributed by atoms with Crippen molar-refractivity contribution in [3.63, 3.8) is 0 Å². The minimum absolute atomic E-state index is 0. The van der Waals surface area contributed by atoms with E-state index < -0.39 is 10.1 Å². The van der Waals surface area contributed by atoms with Crippen LogP contribution in [0.4, 0.5) is 0 Å². The lowest BCUT2D eigenvalue weighted by Crippen LogP contribution is -2.09. The molecule has 3 nitrogen and oxygen atoms in total. The molecular formula is C12H13AlO3S. The van der Waals surface area contributed by atoms with Crippen LogP contribution in [-0.4, -0.2) is 25.8 Å². The van der Waals surface area contributed by atoms with Crippen LogP contribution in [0.1, 0.15) is 0 Å². The van der Waals surface area contributed by atoms with Gasteiger partial charge >= 0.3 is 10.1 Å². The molecule has 0 aliphatic rings. The normalized spacial score (nSPS) is 10.4. The summed E-state index contributed by atoms with van der Waals surface area (Å²) in [5, 5.41) is 0. The van der Waals surface area contributed by atoms with Gasteiger partial charge in [0.2, 0.25) is 0 Å². The zero-order valence-electron chi connectivity index (χ0n) is 8.41. The molecule has 0 saturated heterocycles. The van der Waals surface area contributed by atoms with Crippen LogP contribution in [0, 0.1) is 0 Å². The van der Waals surface area contributed by atoms with E-state index in [2.05, 4.69) is 0 Å². The van der Waals surface area contributed by atoms with Crippen LogP contribution in [0.2, 0.25) is 0 Å². The molecule has 5 heteroatoms. The zero-order chi connectivity index (χ0) is 11.4. The Hall–Kier alpha value is -1.28. The van der Waals surface area contributed by atoms with E-state index in [4.69, 9.17) is 4.18 Å². The van der Waals surface area contributed by atoms with E-state index in [9.17, 15) is 8.42 Å². The smallest absolute Gasteiger partial charge is 0.339 e. The van der Waals surface area contributed by atoms with Crippen molar-refractivity contribution in [1.82, 2.24) is 0 Å². The summed E-state index contributed by atoms with van der Waals surface area (Å²) in [5.74, 6) is 0.311. The van der Waals surface area contributed by atoms with Gasteiger partial charge in [-0.05, 0) is 24.3 Å². The zero-order valence-corrected chi connectivity index (χ0v) is 9.22. The second-order valence-corrected chi connectivity index (χ2v) is 4.71. The summed E-state index contributed by atoms with van der Waals surface area (Å²) < 4.78 is 28.5. The molecule has 2 rings (SSSR count). The van der Waals surface area contributed by atoms with Crippen molar-refractivity contribution in [2.75, 3.05) is 0 Å². The third-order valence-electron chi connectivity index (χ3n) is 1.98. The Morgan fingerprint density at radius 1 is 0.765 bits per heavy atom. The molecule has 0 N–H and O–H groups in total. The van der Waals surface area contributed by atoms with Gasteiger partial charge in [-0.1, -0.05) is 36.4 Å². The maximum absolute atomic E-state index is 11.8. The number of para-hydroxylation sites is 1. The van der Waals surface area contributed by atoms with E-state index in [1.54, 1.807) is 48.5 Å². The van der Waals surface area contributed by atoms with Gasteiger partial charge in [0.1, 0.15) is 10.6 Å². The van der Waals surface area contributed by atoms with Crippen LogP contribution in [-0.2, 0) is 10.1 Å². The van der Waals surface area contributed by atoms with Crippen molar-refractivity contribution in [1.29, 1.82) is 0 Å². The molecule has 0 unspecified atom stereocenters. The molecule has 2 aromatic rings. The summed E-state index contributed by atoms with van der Waals surface area (Å²) in [7, 11) is -3.71. The summed E-state index contributed by atoms with van der Waals surface area (Å²) in [6, 6.07) is 16.5. The van der Waals surface area contributed by atoms with Gasteiger partial charge in [0.15, 0.2) is 17.4 Å². The topological polar surface area (TPSA) is 43.4 Å². The van der Waals surface area contributed by atoms with Gasteiger partial charge < -0.3 is 4.18 Å². The van der Waals surface area contributed by atoms with Crippen molar-refractivity contribution in [2.24, 2.45) is 0 Å². The van der Waals surface area contributed by atoms with E-state index in [-0.39, 0.29) is 22.3 Å². The van der Waals surface area contributed by atoms with Crippen LogP contribution in [0.25, 0.3) is 0 Å². The molecular weight excluding hydrogens is 251 g/mol. The lowest BCUT2D eigenvalue weighted by Gasteiger charge is -2.05. The first kappa shape index (κ1) is 13.8. The van der Waals surface area contributed by atoms with E-state index in [1.807, 2.05) is 0 Å². The summed E-state index contributed by atoms with van der Waals surface area (Å²) in [5.41, 5.74) is 0. The molecule has 0 heterocycles. The Morgan fingerprint density at radius 3 is 1.76 bits per heavy atom. The fourth-order valence-electron chi connectivity index (χ4n) is 1.24. The average molecular weight is 264 g/mol. The molecule has 0 aliphatic heterocycles. The number of rotatable bonds is 3. The number of hydrogen-bond acceptors (Lipinski definition) is 3. The van der Waals surface area contributed by atoms with Crippen molar-refractivity contribution in [2.45, 2.75) is 4.90 Å². The Kier molecular flexibility index (Phi) is 4.76. The highest BCUT2D eigenvalue weighted by molar-refractivity contribution is 7.87. The molecule has 0 fully saturated rings. The van der Waals surface area contributed by atoms with Gasteiger partial charge in [0.25, 0.3) is 0 Å². The van der Waals surface area contributed by atoms with E-state index in [1.165, 1.54) is 12.1 Å². The second-order valence-electron chi connectivity index (χ2n) is 3.16. The van der Waals surface area contributed by atoms with Crippen LogP contribution >= 0.6 is 0 Å². The van der Waals surface area contributed by atoms with Gasteiger partial charge in [0, 0.05) is 0 Å². The Balaban J connectivity index is 0.00000144. The molecule has 2 aromatic carbocycles. The predicted octanol–water partition coefficient (Wildman–Crippen LogP) is 1.27. The molecule has 88 valence electrons. The van der Waals surface area contributed by atoms with Crippen molar-refractivity contribution in [3.05, 3.63) is 60.7 Å². The standard InChI is InChI=1S/C12H10O3S.Al.3H/c13-16(14,12-9-5-2-6-10-12)15-11-7-3-1-4-8-11;;;;/h1-10H;;;;. The third-order valence-corrected chi connectivity index (χ3v) is 3.24. The molecule has 0 saturated carbocycles. The van der Waals surface area contributed by atoms with E-state index in [0.717, 1.165) is 0 Å². The minimum atomic E-state index is -3.71. The lowest BCUT2D eigenvalue weighted by atomic mass is 10.3. The fourth-order valence-corrected chi connectivity index (χ4v) is 2.19. The van der Waals surface area contributed by atoms with E-state index in [0.29, 0.717) is 5.75 Å². The lowest BCUT2D eigenvalue weighted by molar-refractivity contribution is 0.486. The van der Waals surface area contributed by atoms with Gasteiger partial charge in [-0.25, -0.2) is 0 Å². The molecule has 0 radical (unpaired) electrons. The molecule has 0 amide bonds. The maximum atomic E-state index is 11.8. The van der Waals surface area contributed by atoms with Crippen molar-refractivity contribution < 1.29 is 12.6 Å². The first-order chi connectivity index (χ1) is 7.68.